The first-order chi connectivity index (χ1) is 13.0. The predicted octanol–water partition coefficient (Wildman–Crippen LogP) is 4.68. The number of carbonyl (C=O) groups is 1. The van der Waals surface area contributed by atoms with Crippen LogP contribution in [-0.2, 0) is 6.54 Å². The van der Waals surface area contributed by atoms with Crippen LogP contribution >= 0.6 is 0 Å². The Balaban J connectivity index is 1.81. The van der Waals surface area contributed by atoms with Gasteiger partial charge in [-0.2, -0.15) is 0 Å². The molecule has 0 bridgehead atoms. The zero-order valence-corrected chi connectivity index (χ0v) is 15.6. The number of carboxylic acid groups (broad SMARTS) is 1. The lowest BCUT2D eigenvalue weighted by molar-refractivity contribution is 0.0692. The van der Waals surface area contributed by atoms with E-state index in [1.54, 1.807) is 19.2 Å². The molecule has 0 spiro atoms. The van der Waals surface area contributed by atoms with Gasteiger partial charge in [-0.3, -0.25) is 0 Å². The lowest BCUT2D eigenvalue weighted by Gasteiger charge is -2.13. The van der Waals surface area contributed by atoms with Gasteiger partial charge in [0.05, 0.1) is 7.11 Å². The van der Waals surface area contributed by atoms with Crippen molar-refractivity contribution in [2.24, 2.45) is 0 Å². The molecule has 3 aromatic rings. The van der Waals surface area contributed by atoms with Crippen LogP contribution in [0.5, 0.6) is 5.75 Å². The van der Waals surface area contributed by atoms with E-state index < -0.39 is 5.97 Å². The Hall–Kier alpha value is -3.34. The van der Waals surface area contributed by atoms with Crippen molar-refractivity contribution in [3.8, 4) is 16.9 Å². The highest BCUT2D eigenvalue weighted by Gasteiger charge is 2.17. The molecule has 1 heterocycles. The van der Waals surface area contributed by atoms with E-state index in [9.17, 15) is 9.90 Å². The quantitative estimate of drug-likeness (QED) is 0.666. The van der Waals surface area contributed by atoms with Gasteiger partial charge in [-0.25, -0.2) is 9.78 Å². The van der Waals surface area contributed by atoms with Crippen LogP contribution in [0.1, 0.15) is 27.0 Å². The average Bonchev–Trinajstić information content (AvgIpc) is 2.66. The number of aryl methyl sites for hydroxylation is 1. The van der Waals surface area contributed by atoms with Gasteiger partial charge in [0.2, 0.25) is 0 Å². The van der Waals surface area contributed by atoms with E-state index in [1.165, 1.54) is 18.2 Å². The molecule has 0 atom stereocenters. The smallest absolute Gasteiger partial charge is 0.339 e. The summed E-state index contributed by atoms with van der Waals surface area (Å²) in [7, 11) is 1.47. The van der Waals surface area contributed by atoms with Crippen molar-refractivity contribution < 1.29 is 14.6 Å². The average molecular weight is 362 g/mol. The largest absolute Gasteiger partial charge is 0.496 e. The summed E-state index contributed by atoms with van der Waals surface area (Å²) in [6.07, 6.45) is 1.75. The second kappa shape index (κ2) is 7.91. The summed E-state index contributed by atoms with van der Waals surface area (Å²) < 4.78 is 5.17. The molecule has 0 aliphatic rings. The first-order valence-electron chi connectivity index (χ1n) is 8.66. The van der Waals surface area contributed by atoms with Crippen LogP contribution < -0.4 is 10.1 Å². The van der Waals surface area contributed by atoms with Gasteiger partial charge in [-0.05, 0) is 48.7 Å². The molecule has 0 saturated carbocycles. The topological polar surface area (TPSA) is 71.5 Å². The van der Waals surface area contributed by atoms with Crippen molar-refractivity contribution in [3.63, 3.8) is 0 Å². The molecule has 3 rings (SSSR count). The summed E-state index contributed by atoms with van der Waals surface area (Å²) in [5.41, 5.74) is 4.94. The third kappa shape index (κ3) is 4.08. The summed E-state index contributed by atoms with van der Waals surface area (Å²) in [6, 6.07) is 15.7. The van der Waals surface area contributed by atoms with Crippen LogP contribution in [0.4, 0.5) is 5.82 Å². The van der Waals surface area contributed by atoms with E-state index in [-0.39, 0.29) is 5.56 Å². The molecule has 5 nitrogen and oxygen atoms in total. The van der Waals surface area contributed by atoms with E-state index in [0.29, 0.717) is 17.9 Å². The number of carboxylic acids is 1. The van der Waals surface area contributed by atoms with Crippen molar-refractivity contribution in [2.45, 2.75) is 20.4 Å². The fraction of sp³-hybridized carbons (Fsp3) is 0.182. The SMILES string of the molecule is COc1ccc(-c2ccc(NCc3cccc(C)c3)nc2)c(C)c1C(=O)O. The number of anilines is 1. The van der Waals surface area contributed by atoms with E-state index in [4.69, 9.17) is 4.74 Å². The van der Waals surface area contributed by atoms with Crippen LogP contribution in [0.25, 0.3) is 11.1 Å². The van der Waals surface area contributed by atoms with Gasteiger partial charge in [0.1, 0.15) is 17.1 Å². The van der Waals surface area contributed by atoms with Crippen molar-refractivity contribution in [1.29, 1.82) is 0 Å². The third-order valence-corrected chi connectivity index (χ3v) is 4.49. The Kier molecular flexibility index (Phi) is 5.41. The highest BCUT2D eigenvalue weighted by atomic mass is 16.5. The van der Waals surface area contributed by atoms with Gasteiger partial charge in [0.25, 0.3) is 0 Å². The number of benzene rings is 2. The van der Waals surface area contributed by atoms with Gasteiger partial charge in [-0.15, -0.1) is 0 Å². The first kappa shape index (κ1) is 18.5. The van der Waals surface area contributed by atoms with Crippen molar-refractivity contribution >= 4 is 11.8 Å². The molecule has 2 N–H and O–H groups in total. The minimum absolute atomic E-state index is 0.177. The fourth-order valence-corrected chi connectivity index (χ4v) is 3.11. The molecule has 0 radical (unpaired) electrons. The monoisotopic (exact) mass is 362 g/mol. The Morgan fingerprint density at radius 2 is 1.96 bits per heavy atom. The normalized spacial score (nSPS) is 10.5. The van der Waals surface area contributed by atoms with E-state index in [1.807, 2.05) is 24.3 Å². The van der Waals surface area contributed by atoms with Gasteiger partial charge in [-0.1, -0.05) is 35.9 Å². The van der Waals surface area contributed by atoms with Gasteiger partial charge in [0, 0.05) is 18.3 Å². The molecule has 27 heavy (non-hydrogen) atoms. The summed E-state index contributed by atoms with van der Waals surface area (Å²) >= 11 is 0. The number of methoxy groups -OCH3 is 1. The Morgan fingerprint density at radius 1 is 1.15 bits per heavy atom. The van der Waals surface area contributed by atoms with E-state index in [0.717, 1.165) is 16.9 Å². The number of pyridine rings is 1. The maximum atomic E-state index is 11.6. The third-order valence-electron chi connectivity index (χ3n) is 4.49. The van der Waals surface area contributed by atoms with Gasteiger partial charge >= 0.3 is 5.97 Å². The molecule has 2 aromatic carbocycles. The summed E-state index contributed by atoms with van der Waals surface area (Å²) in [5, 5.41) is 12.8. The molecule has 5 heteroatoms. The fourth-order valence-electron chi connectivity index (χ4n) is 3.11. The number of hydrogen-bond acceptors (Lipinski definition) is 4. The Morgan fingerprint density at radius 3 is 2.59 bits per heavy atom. The zero-order chi connectivity index (χ0) is 19.4. The van der Waals surface area contributed by atoms with Crippen molar-refractivity contribution in [1.82, 2.24) is 4.98 Å². The molecule has 0 aliphatic heterocycles. The minimum atomic E-state index is -1.00. The van der Waals surface area contributed by atoms with Crippen LogP contribution in [-0.4, -0.2) is 23.2 Å². The number of hydrogen-bond donors (Lipinski definition) is 2. The van der Waals surface area contributed by atoms with Crippen LogP contribution in [0.3, 0.4) is 0 Å². The Labute approximate surface area is 158 Å². The number of nitrogens with one attached hydrogen (secondary N) is 1. The lowest BCUT2D eigenvalue weighted by atomic mass is 9.96. The molecule has 0 amide bonds. The zero-order valence-electron chi connectivity index (χ0n) is 15.6. The molecule has 1 aromatic heterocycles. The maximum Gasteiger partial charge on any atom is 0.339 e. The molecule has 138 valence electrons. The number of aromatic nitrogens is 1. The van der Waals surface area contributed by atoms with Crippen LogP contribution in [0.15, 0.2) is 54.7 Å². The van der Waals surface area contributed by atoms with Gasteiger partial charge < -0.3 is 15.2 Å². The van der Waals surface area contributed by atoms with Crippen LogP contribution in [0.2, 0.25) is 0 Å². The standard InChI is InChI=1S/C22H22N2O3/c1-14-5-4-6-16(11-14)12-23-20-10-7-17(13-24-20)18-8-9-19(27-3)21(15(18)2)22(25)26/h4-11,13H,12H2,1-3H3,(H,23,24)(H,25,26). The highest BCUT2D eigenvalue weighted by Crippen LogP contribution is 2.31. The summed E-state index contributed by atoms with van der Waals surface area (Å²) in [5.74, 6) is 0.119. The molecule has 0 aliphatic carbocycles. The number of rotatable bonds is 6. The van der Waals surface area contributed by atoms with Crippen molar-refractivity contribution in [2.75, 3.05) is 12.4 Å². The second-order valence-corrected chi connectivity index (χ2v) is 6.40. The maximum absolute atomic E-state index is 11.6. The second-order valence-electron chi connectivity index (χ2n) is 6.40. The van der Waals surface area contributed by atoms with E-state index >= 15 is 0 Å². The molecular formula is C22H22N2O3. The van der Waals surface area contributed by atoms with Crippen LogP contribution in [0, 0.1) is 13.8 Å². The van der Waals surface area contributed by atoms with Crippen molar-refractivity contribution in [3.05, 3.63) is 77.0 Å². The Bertz CT molecular complexity index is 966. The van der Waals surface area contributed by atoms with E-state index in [2.05, 4.69) is 35.4 Å². The predicted molar refractivity (Wildman–Crippen MR) is 106 cm³/mol. The number of aromatic carboxylic acids is 1. The number of ether oxygens (including phenoxy) is 1. The van der Waals surface area contributed by atoms with Gasteiger partial charge in [0.15, 0.2) is 0 Å². The molecular weight excluding hydrogens is 340 g/mol. The molecule has 0 saturated heterocycles. The molecule has 0 unspecified atom stereocenters. The molecule has 0 fully saturated rings. The summed E-state index contributed by atoms with van der Waals surface area (Å²) in [4.78, 5) is 16.0. The number of nitrogens with zero attached hydrogens (tertiary/aromatic N) is 1. The first-order valence-corrected chi connectivity index (χ1v) is 8.66. The highest BCUT2D eigenvalue weighted by molar-refractivity contribution is 5.95. The summed E-state index contributed by atoms with van der Waals surface area (Å²) in [6.45, 7) is 4.54. The lowest BCUT2D eigenvalue weighted by Crippen LogP contribution is -2.05. The minimum Gasteiger partial charge on any atom is -0.496 e.